The van der Waals surface area contributed by atoms with Crippen molar-refractivity contribution in [3.63, 3.8) is 0 Å². The van der Waals surface area contributed by atoms with Crippen LogP contribution in [0.5, 0.6) is 5.75 Å². The fraction of sp³-hybridized carbons (Fsp3) is 0.412. The Morgan fingerprint density at radius 1 is 1.23 bits per heavy atom. The Morgan fingerprint density at radius 3 is 2.82 bits per heavy atom. The van der Waals surface area contributed by atoms with Crippen molar-refractivity contribution in [1.29, 1.82) is 0 Å². The van der Waals surface area contributed by atoms with Crippen LogP contribution < -0.4 is 15.7 Å². The van der Waals surface area contributed by atoms with Crippen LogP contribution in [0.25, 0.3) is 11.0 Å². The minimum atomic E-state index is -0.485. The number of ether oxygens (including phenoxy) is 1. The minimum Gasteiger partial charge on any atom is -0.483 e. The molecule has 22 heavy (non-hydrogen) atoms. The molecule has 1 aliphatic carbocycles. The highest BCUT2D eigenvalue weighted by atomic mass is 16.5. The van der Waals surface area contributed by atoms with Gasteiger partial charge in [-0.2, -0.15) is 0 Å². The van der Waals surface area contributed by atoms with Crippen LogP contribution in [0.15, 0.2) is 39.5 Å². The van der Waals surface area contributed by atoms with Crippen LogP contribution in [-0.2, 0) is 4.79 Å². The van der Waals surface area contributed by atoms with Gasteiger partial charge >= 0.3 is 5.63 Å². The lowest BCUT2D eigenvalue weighted by atomic mass is 9.95. The van der Waals surface area contributed by atoms with Crippen LogP contribution in [0.4, 0.5) is 0 Å². The summed E-state index contributed by atoms with van der Waals surface area (Å²) in [6, 6.07) is 8.64. The van der Waals surface area contributed by atoms with Crippen LogP contribution in [0, 0.1) is 0 Å². The second-order valence-corrected chi connectivity index (χ2v) is 5.62. The zero-order valence-corrected chi connectivity index (χ0v) is 12.3. The van der Waals surface area contributed by atoms with Crippen LogP contribution in [0.3, 0.4) is 0 Å². The van der Waals surface area contributed by atoms with E-state index in [0.717, 1.165) is 25.7 Å². The van der Waals surface area contributed by atoms with Crippen molar-refractivity contribution >= 4 is 16.9 Å². The molecule has 3 rings (SSSR count). The van der Waals surface area contributed by atoms with E-state index in [2.05, 4.69) is 5.32 Å². The first-order valence-corrected chi connectivity index (χ1v) is 7.67. The molecule has 116 valence electrons. The predicted molar refractivity (Wildman–Crippen MR) is 83.0 cm³/mol. The molecule has 5 heteroatoms. The van der Waals surface area contributed by atoms with Gasteiger partial charge in [0, 0.05) is 6.04 Å². The highest BCUT2D eigenvalue weighted by Crippen LogP contribution is 2.23. The van der Waals surface area contributed by atoms with E-state index < -0.39 is 5.63 Å². The van der Waals surface area contributed by atoms with Crippen LogP contribution in [-0.4, -0.2) is 18.6 Å². The molecule has 1 saturated carbocycles. The summed E-state index contributed by atoms with van der Waals surface area (Å²) in [6.45, 7) is -0.0933. The molecule has 1 heterocycles. The molecule has 0 aliphatic heterocycles. The lowest BCUT2D eigenvalue weighted by Gasteiger charge is -2.22. The first-order valence-electron chi connectivity index (χ1n) is 7.67. The molecule has 0 bridgehead atoms. The van der Waals surface area contributed by atoms with Crippen LogP contribution in [0.2, 0.25) is 0 Å². The topological polar surface area (TPSA) is 68.5 Å². The normalized spacial score (nSPS) is 15.6. The van der Waals surface area contributed by atoms with E-state index in [0.29, 0.717) is 16.7 Å². The summed E-state index contributed by atoms with van der Waals surface area (Å²) in [5.41, 5.74) is -0.0286. The smallest absolute Gasteiger partial charge is 0.339 e. The molecule has 0 atom stereocenters. The van der Waals surface area contributed by atoms with E-state index in [9.17, 15) is 9.59 Å². The van der Waals surface area contributed by atoms with Gasteiger partial charge in [-0.05, 0) is 25.0 Å². The Morgan fingerprint density at radius 2 is 2.00 bits per heavy atom. The van der Waals surface area contributed by atoms with Gasteiger partial charge in [0.05, 0.1) is 11.5 Å². The highest BCUT2D eigenvalue weighted by Gasteiger charge is 2.16. The van der Waals surface area contributed by atoms with Crippen LogP contribution in [0.1, 0.15) is 32.1 Å². The van der Waals surface area contributed by atoms with Gasteiger partial charge in [0.2, 0.25) is 0 Å². The van der Waals surface area contributed by atoms with Gasteiger partial charge in [-0.3, -0.25) is 4.79 Å². The Balaban J connectivity index is 1.66. The van der Waals surface area contributed by atoms with Gasteiger partial charge in [-0.1, -0.05) is 31.4 Å². The summed E-state index contributed by atoms with van der Waals surface area (Å²) >= 11 is 0. The number of fused-ring (bicyclic) bond motifs is 1. The standard InChI is InChI=1S/C17H19NO4/c19-16(18-12-6-2-1-3-7-12)11-21-15-10-17(20)22-14-9-5-4-8-13(14)15/h4-5,8-10,12H,1-3,6-7,11H2,(H,18,19). The summed E-state index contributed by atoms with van der Waals surface area (Å²) in [4.78, 5) is 23.5. The predicted octanol–water partition coefficient (Wildman–Crippen LogP) is 2.62. The molecule has 0 spiro atoms. The maximum atomic E-state index is 12.0. The Kier molecular flexibility index (Phi) is 4.42. The van der Waals surface area contributed by atoms with Gasteiger partial charge in [-0.15, -0.1) is 0 Å². The zero-order chi connectivity index (χ0) is 15.4. The van der Waals surface area contributed by atoms with E-state index >= 15 is 0 Å². The summed E-state index contributed by atoms with van der Waals surface area (Å²) in [5.74, 6) is 0.231. The maximum absolute atomic E-state index is 12.0. The molecule has 5 nitrogen and oxygen atoms in total. The number of amides is 1. The van der Waals surface area contributed by atoms with E-state index in [-0.39, 0.29) is 18.6 Å². The third-order valence-corrected chi connectivity index (χ3v) is 3.94. The lowest BCUT2D eigenvalue weighted by molar-refractivity contribution is -0.124. The van der Waals surface area contributed by atoms with Crippen molar-refractivity contribution in [3.8, 4) is 5.75 Å². The molecule has 0 unspecified atom stereocenters. The highest BCUT2D eigenvalue weighted by molar-refractivity contribution is 5.84. The van der Waals surface area contributed by atoms with E-state index in [1.165, 1.54) is 12.5 Å². The summed E-state index contributed by atoms with van der Waals surface area (Å²) in [7, 11) is 0. The molecule has 1 aromatic carbocycles. The summed E-state index contributed by atoms with van der Waals surface area (Å²) in [6.07, 6.45) is 5.63. The number of nitrogens with one attached hydrogen (secondary N) is 1. The van der Waals surface area contributed by atoms with Gasteiger partial charge < -0.3 is 14.5 Å². The Labute approximate surface area is 128 Å². The molecule has 1 amide bonds. The molecular formula is C17H19NO4. The van der Waals surface area contributed by atoms with Crippen molar-refractivity contribution < 1.29 is 13.9 Å². The number of hydrogen-bond acceptors (Lipinski definition) is 4. The molecule has 0 radical (unpaired) electrons. The third kappa shape index (κ3) is 3.47. The van der Waals surface area contributed by atoms with E-state index in [1.54, 1.807) is 18.2 Å². The summed E-state index contributed by atoms with van der Waals surface area (Å²) in [5, 5.41) is 3.67. The van der Waals surface area contributed by atoms with Crippen LogP contribution >= 0.6 is 0 Å². The maximum Gasteiger partial charge on any atom is 0.339 e. The number of benzene rings is 1. The van der Waals surface area contributed by atoms with Crippen molar-refractivity contribution in [2.24, 2.45) is 0 Å². The van der Waals surface area contributed by atoms with Gasteiger partial charge in [0.15, 0.2) is 6.61 Å². The first kappa shape index (κ1) is 14.6. The number of rotatable bonds is 4. The van der Waals surface area contributed by atoms with Crippen molar-refractivity contribution in [2.45, 2.75) is 38.1 Å². The lowest BCUT2D eigenvalue weighted by Crippen LogP contribution is -2.39. The van der Waals surface area contributed by atoms with E-state index in [4.69, 9.17) is 9.15 Å². The SMILES string of the molecule is O=C(COc1cc(=O)oc2ccccc12)NC1CCCCC1. The second-order valence-electron chi connectivity index (χ2n) is 5.62. The number of para-hydroxylation sites is 1. The summed E-state index contributed by atoms with van der Waals surface area (Å²) < 4.78 is 10.6. The average molecular weight is 301 g/mol. The van der Waals surface area contributed by atoms with Crippen molar-refractivity contribution in [2.75, 3.05) is 6.61 Å². The molecular weight excluding hydrogens is 282 g/mol. The Bertz CT molecular complexity index is 716. The third-order valence-electron chi connectivity index (χ3n) is 3.94. The first-order chi connectivity index (χ1) is 10.7. The molecule has 1 aromatic heterocycles. The minimum absolute atomic E-state index is 0.0933. The van der Waals surface area contributed by atoms with Crippen molar-refractivity contribution in [3.05, 3.63) is 40.8 Å². The van der Waals surface area contributed by atoms with Gasteiger partial charge in [0.25, 0.3) is 5.91 Å². The molecule has 1 N–H and O–H groups in total. The number of carbonyl (C=O) groups excluding carboxylic acids is 1. The second kappa shape index (κ2) is 6.64. The molecule has 1 aliphatic rings. The largest absolute Gasteiger partial charge is 0.483 e. The Hall–Kier alpha value is -2.30. The fourth-order valence-electron chi connectivity index (χ4n) is 2.86. The quantitative estimate of drug-likeness (QED) is 0.881. The van der Waals surface area contributed by atoms with Gasteiger partial charge in [-0.25, -0.2) is 4.79 Å². The zero-order valence-electron chi connectivity index (χ0n) is 12.3. The fourth-order valence-corrected chi connectivity index (χ4v) is 2.86. The molecule has 2 aromatic rings. The molecule has 1 fully saturated rings. The van der Waals surface area contributed by atoms with Gasteiger partial charge in [0.1, 0.15) is 11.3 Å². The number of hydrogen-bond donors (Lipinski definition) is 1. The molecule has 0 saturated heterocycles. The van der Waals surface area contributed by atoms with E-state index in [1.807, 2.05) is 6.07 Å². The average Bonchev–Trinajstić information content (AvgIpc) is 2.53. The van der Waals surface area contributed by atoms with Crippen molar-refractivity contribution in [1.82, 2.24) is 5.32 Å². The monoisotopic (exact) mass is 301 g/mol. The number of carbonyl (C=O) groups is 1.